The van der Waals surface area contributed by atoms with Gasteiger partial charge >= 0.3 is 6.09 Å². The molecule has 3 heterocycles. The number of imidazole rings is 1. The minimum atomic E-state index is -1.04. The highest BCUT2D eigenvalue weighted by Gasteiger charge is 2.42. The molecule has 2 atom stereocenters. The van der Waals surface area contributed by atoms with Crippen LogP contribution in [0.2, 0.25) is 0 Å². The van der Waals surface area contributed by atoms with Gasteiger partial charge in [-0.15, -0.1) is 0 Å². The molecule has 11 heteroatoms. The van der Waals surface area contributed by atoms with Crippen LogP contribution in [0.25, 0.3) is 5.52 Å². The Labute approximate surface area is 205 Å². The first-order valence-electron chi connectivity index (χ1n) is 10.9. The third-order valence-corrected chi connectivity index (χ3v) is 6.99. The van der Waals surface area contributed by atoms with Crippen molar-refractivity contribution in [3.8, 4) is 11.5 Å². The number of fused-ring (bicyclic) bond motifs is 1. The molecule has 0 radical (unpaired) electrons. The smallest absolute Gasteiger partial charge is 0.407 e. The standard InChI is InChI=1S/C23H28BrN5O5/c1-23(7-6-15(12-30)29(13-23)22(31)32)21-27-19(24)18-20(25-8-9-28(18)21)26-11-14-4-5-16(33-2)10-17(14)34-3/h4-5,8-10,15,30H,6-7,11-13H2,1-3H3,(H,25,26)(H,31,32). The van der Waals surface area contributed by atoms with E-state index in [0.29, 0.717) is 41.3 Å². The fraction of sp³-hybridized carbons (Fsp3) is 0.435. The average Bonchev–Trinajstić information content (AvgIpc) is 3.20. The number of halogens is 1. The summed E-state index contributed by atoms with van der Waals surface area (Å²) in [4.78, 5) is 22.4. The number of hydrogen-bond donors (Lipinski definition) is 3. The number of rotatable bonds is 7. The molecule has 4 rings (SSSR count). The van der Waals surface area contributed by atoms with Gasteiger partial charge in [-0.05, 0) is 40.9 Å². The number of aromatic nitrogens is 3. The lowest BCUT2D eigenvalue weighted by atomic mass is 9.78. The van der Waals surface area contributed by atoms with Crippen molar-refractivity contribution in [2.75, 3.05) is 32.7 Å². The molecule has 182 valence electrons. The van der Waals surface area contributed by atoms with Gasteiger partial charge in [0.25, 0.3) is 0 Å². The summed E-state index contributed by atoms with van der Waals surface area (Å²) in [5.74, 6) is 2.79. The maximum absolute atomic E-state index is 11.8. The number of likely N-dealkylation sites (tertiary alicyclic amines) is 1. The van der Waals surface area contributed by atoms with Crippen LogP contribution < -0.4 is 14.8 Å². The quantitative estimate of drug-likeness (QED) is 0.421. The van der Waals surface area contributed by atoms with Gasteiger partial charge < -0.3 is 29.9 Å². The summed E-state index contributed by atoms with van der Waals surface area (Å²) in [7, 11) is 3.22. The zero-order chi connectivity index (χ0) is 24.5. The number of hydrogen-bond acceptors (Lipinski definition) is 7. The SMILES string of the molecule is COc1ccc(CNc2nccn3c(C4(C)CCC(CO)N(C(=O)O)C4)nc(Br)c23)c(OC)c1. The molecule has 1 aliphatic heterocycles. The fourth-order valence-electron chi connectivity index (χ4n) is 4.55. The molecule has 1 aromatic carbocycles. The van der Waals surface area contributed by atoms with Gasteiger partial charge in [-0.3, -0.25) is 4.40 Å². The van der Waals surface area contributed by atoms with Gasteiger partial charge in [0, 0.05) is 42.5 Å². The number of nitrogens with zero attached hydrogens (tertiary/aromatic N) is 4. The van der Waals surface area contributed by atoms with Crippen molar-refractivity contribution in [3.63, 3.8) is 0 Å². The molecule has 0 spiro atoms. The molecule has 3 N–H and O–H groups in total. The Morgan fingerprint density at radius 1 is 1.35 bits per heavy atom. The summed E-state index contributed by atoms with van der Waals surface area (Å²) in [6.07, 6.45) is 3.73. The van der Waals surface area contributed by atoms with Crippen LogP contribution in [-0.4, -0.2) is 69.0 Å². The number of ether oxygens (including phenoxy) is 2. The lowest BCUT2D eigenvalue weighted by molar-refractivity contribution is 0.0502. The molecular weight excluding hydrogens is 506 g/mol. The second-order valence-corrected chi connectivity index (χ2v) is 9.35. The predicted octanol–water partition coefficient (Wildman–Crippen LogP) is 3.51. The van der Waals surface area contributed by atoms with Crippen LogP contribution in [0.5, 0.6) is 11.5 Å². The first kappa shape index (κ1) is 24.1. The summed E-state index contributed by atoms with van der Waals surface area (Å²) in [6.45, 7) is 2.52. The number of piperidine rings is 1. The third kappa shape index (κ3) is 4.37. The van der Waals surface area contributed by atoms with E-state index in [4.69, 9.17) is 14.5 Å². The lowest BCUT2D eigenvalue weighted by Crippen LogP contribution is -2.53. The van der Waals surface area contributed by atoms with Crippen LogP contribution in [0.1, 0.15) is 31.2 Å². The largest absolute Gasteiger partial charge is 0.497 e. The van der Waals surface area contributed by atoms with Gasteiger partial charge in [-0.2, -0.15) is 0 Å². The van der Waals surface area contributed by atoms with Gasteiger partial charge in [0.1, 0.15) is 27.4 Å². The van der Waals surface area contributed by atoms with Crippen molar-refractivity contribution in [1.82, 2.24) is 19.3 Å². The lowest BCUT2D eigenvalue weighted by Gasteiger charge is -2.42. The Hall–Kier alpha value is -3.05. The zero-order valence-electron chi connectivity index (χ0n) is 19.3. The first-order valence-corrected chi connectivity index (χ1v) is 11.7. The summed E-state index contributed by atoms with van der Waals surface area (Å²) >= 11 is 3.58. The van der Waals surface area contributed by atoms with E-state index < -0.39 is 17.6 Å². The molecule has 0 bridgehead atoms. The van der Waals surface area contributed by atoms with E-state index in [1.54, 1.807) is 20.4 Å². The zero-order valence-corrected chi connectivity index (χ0v) is 20.9. The monoisotopic (exact) mass is 533 g/mol. The van der Waals surface area contributed by atoms with Crippen LogP contribution in [0.4, 0.5) is 10.6 Å². The van der Waals surface area contributed by atoms with E-state index in [9.17, 15) is 15.0 Å². The predicted molar refractivity (Wildman–Crippen MR) is 130 cm³/mol. The number of aliphatic hydroxyl groups is 1. The maximum atomic E-state index is 11.8. The fourth-order valence-corrected chi connectivity index (χ4v) is 5.10. The summed E-state index contributed by atoms with van der Waals surface area (Å²) in [6, 6.07) is 5.23. The number of anilines is 1. The van der Waals surface area contributed by atoms with Crippen LogP contribution in [0.15, 0.2) is 35.2 Å². The Balaban J connectivity index is 1.66. The van der Waals surface area contributed by atoms with Gasteiger partial charge in [-0.1, -0.05) is 6.92 Å². The highest BCUT2D eigenvalue weighted by molar-refractivity contribution is 9.10. The Kier molecular flexibility index (Phi) is 6.85. The molecule has 10 nitrogen and oxygen atoms in total. The minimum Gasteiger partial charge on any atom is -0.497 e. The van der Waals surface area contributed by atoms with E-state index in [1.807, 2.05) is 35.7 Å². The van der Waals surface area contributed by atoms with Crippen molar-refractivity contribution >= 4 is 33.4 Å². The number of nitrogens with one attached hydrogen (secondary N) is 1. The third-order valence-electron chi connectivity index (χ3n) is 6.44. The molecule has 1 saturated heterocycles. The molecule has 1 amide bonds. The Bertz CT molecular complexity index is 1200. The van der Waals surface area contributed by atoms with Gasteiger partial charge in [0.2, 0.25) is 0 Å². The van der Waals surface area contributed by atoms with Gasteiger partial charge in [0.15, 0.2) is 5.82 Å². The number of aliphatic hydroxyl groups excluding tert-OH is 1. The highest BCUT2D eigenvalue weighted by atomic mass is 79.9. The Morgan fingerprint density at radius 2 is 2.15 bits per heavy atom. The molecule has 2 unspecified atom stereocenters. The van der Waals surface area contributed by atoms with Crippen molar-refractivity contribution in [2.45, 2.75) is 37.8 Å². The number of benzene rings is 1. The molecule has 34 heavy (non-hydrogen) atoms. The maximum Gasteiger partial charge on any atom is 0.407 e. The highest BCUT2D eigenvalue weighted by Crippen LogP contribution is 2.38. The number of methoxy groups -OCH3 is 2. The normalized spacial score (nSPS) is 20.4. The van der Waals surface area contributed by atoms with E-state index in [1.165, 1.54) is 4.90 Å². The summed E-state index contributed by atoms with van der Waals surface area (Å²) in [5.41, 5.74) is 1.17. The van der Waals surface area contributed by atoms with E-state index in [-0.39, 0.29) is 13.2 Å². The van der Waals surface area contributed by atoms with Crippen LogP contribution in [0.3, 0.4) is 0 Å². The van der Waals surface area contributed by atoms with Crippen molar-refractivity contribution < 1.29 is 24.5 Å². The van der Waals surface area contributed by atoms with E-state index in [0.717, 1.165) is 16.9 Å². The van der Waals surface area contributed by atoms with Crippen LogP contribution in [0, 0.1) is 0 Å². The van der Waals surface area contributed by atoms with E-state index in [2.05, 4.69) is 26.2 Å². The minimum absolute atomic E-state index is 0.193. The molecule has 2 aromatic heterocycles. The van der Waals surface area contributed by atoms with Crippen LogP contribution >= 0.6 is 15.9 Å². The van der Waals surface area contributed by atoms with Crippen molar-refractivity contribution in [3.05, 3.63) is 46.6 Å². The molecule has 1 aliphatic rings. The molecular formula is C23H28BrN5O5. The molecule has 0 saturated carbocycles. The van der Waals surface area contributed by atoms with Crippen molar-refractivity contribution in [1.29, 1.82) is 0 Å². The molecule has 1 fully saturated rings. The van der Waals surface area contributed by atoms with E-state index >= 15 is 0 Å². The summed E-state index contributed by atoms with van der Waals surface area (Å²) in [5, 5.41) is 22.7. The first-order chi connectivity index (χ1) is 16.3. The number of carbonyl (C=O) groups is 1. The van der Waals surface area contributed by atoms with Gasteiger partial charge in [0.05, 0.1) is 26.9 Å². The second-order valence-electron chi connectivity index (χ2n) is 8.60. The Morgan fingerprint density at radius 3 is 2.82 bits per heavy atom. The van der Waals surface area contributed by atoms with Crippen LogP contribution in [-0.2, 0) is 12.0 Å². The van der Waals surface area contributed by atoms with Gasteiger partial charge in [-0.25, -0.2) is 14.8 Å². The van der Waals surface area contributed by atoms with Crippen molar-refractivity contribution in [2.24, 2.45) is 0 Å². The number of amides is 1. The second kappa shape index (κ2) is 9.67. The summed E-state index contributed by atoms with van der Waals surface area (Å²) < 4.78 is 13.3. The molecule has 0 aliphatic carbocycles. The average molecular weight is 534 g/mol. The molecule has 3 aromatic rings. The topological polar surface area (TPSA) is 121 Å². The number of carboxylic acid groups (broad SMARTS) is 1.